The molecule has 2 N–H and O–H groups in total. The highest BCUT2D eigenvalue weighted by Crippen LogP contribution is 2.17. The predicted octanol–water partition coefficient (Wildman–Crippen LogP) is 3.75. The summed E-state index contributed by atoms with van der Waals surface area (Å²) in [6.45, 7) is 3.72. The van der Waals surface area contributed by atoms with Crippen molar-refractivity contribution in [2.45, 2.75) is 19.9 Å². The number of nitrogens with zero attached hydrogens (tertiary/aromatic N) is 1. The van der Waals surface area contributed by atoms with Gasteiger partial charge in [-0.15, -0.1) is 24.0 Å². The van der Waals surface area contributed by atoms with Crippen molar-refractivity contribution in [3.8, 4) is 5.75 Å². The lowest BCUT2D eigenvalue weighted by Gasteiger charge is -2.14. The third-order valence-electron chi connectivity index (χ3n) is 3.59. The van der Waals surface area contributed by atoms with E-state index in [0.29, 0.717) is 31.2 Å². The number of ether oxygens (including phenoxy) is 1. The van der Waals surface area contributed by atoms with E-state index < -0.39 is 0 Å². The summed E-state index contributed by atoms with van der Waals surface area (Å²) in [6.07, 6.45) is 0.816. The van der Waals surface area contributed by atoms with Gasteiger partial charge in [-0.3, -0.25) is 4.99 Å². The molecule has 0 unspecified atom stereocenters. The maximum atomic E-state index is 13.6. The molecule has 136 valence electrons. The van der Waals surface area contributed by atoms with Gasteiger partial charge in [-0.2, -0.15) is 0 Å². The zero-order valence-electron chi connectivity index (χ0n) is 14.6. The molecule has 25 heavy (non-hydrogen) atoms. The number of benzene rings is 2. The highest BCUT2D eigenvalue weighted by Gasteiger charge is 2.04. The quantitative estimate of drug-likeness (QED) is 0.378. The van der Waals surface area contributed by atoms with E-state index in [4.69, 9.17) is 4.74 Å². The van der Waals surface area contributed by atoms with Crippen molar-refractivity contribution in [1.29, 1.82) is 0 Å². The summed E-state index contributed by atoms with van der Waals surface area (Å²) >= 11 is 0. The molecule has 0 aromatic heterocycles. The lowest BCUT2D eigenvalue weighted by Crippen LogP contribution is -2.38. The third-order valence-corrected chi connectivity index (χ3v) is 3.59. The number of hydrogen-bond donors (Lipinski definition) is 2. The van der Waals surface area contributed by atoms with Crippen LogP contribution in [0, 0.1) is 5.82 Å². The molecule has 6 heteroatoms. The molecule has 4 nitrogen and oxygen atoms in total. The topological polar surface area (TPSA) is 45.6 Å². The third kappa shape index (κ3) is 6.89. The first kappa shape index (κ1) is 21.2. The van der Waals surface area contributed by atoms with Crippen molar-refractivity contribution in [3.63, 3.8) is 0 Å². The Hall–Kier alpha value is -1.83. The molecule has 0 amide bonds. The molecule has 0 atom stereocenters. The zero-order chi connectivity index (χ0) is 17.2. The number of nitrogens with one attached hydrogen (secondary N) is 2. The van der Waals surface area contributed by atoms with Crippen LogP contribution >= 0.6 is 24.0 Å². The van der Waals surface area contributed by atoms with E-state index in [1.807, 2.05) is 31.2 Å². The van der Waals surface area contributed by atoms with Crippen LogP contribution in [0.4, 0.5) is 4.39 Å². The smallest absolute Gasteiger partial charge is 0.191 e. The minimum absolute atomic E-state index is 0. The Morgan fingerprint density at radius 2 is 1.72 bits per heavy atom. The standard InChI is InChI=1S/C19H24FN3O.HI/c1-3-24-18-11-7-5-8-15(18)12-13-22-19(21-2)23-14-16-9-4-6-10-17(16)20;/h4-11H,3,12-14H2,1-2H3,(H2,21,22,23);1H. The van der Waals surface area contributed by atoms with Gasteiger partial charge in [-0.05, 0) is 31.0 Å². The fraction of sp³-hybridized carbons (Fsp3) is 0.316. The van der Waals surface area contributed by atoms with Crippen LogP contribution in [0.15, 0.2) is 53.5 Å². The number of para-hydroxylation sites is 1. The minimum Gasteiger partial charge on any atom is -0.494 e. The van der Waals surface area contributed by atoms with Crippen LogP contribution in [0.1, 0.15) is 18.1 Å². The van der Waals surface area contributed by atoms with E-state index in [0.717, 1.165) is 17.7 Å². The van der Waals surface area contributed by atoms with Crippen LogP contribution in [0.5, 0.6) is 5.75 Å². The molecular weight excluding hydrogens is 432 g/mol. The Balaban J connectivity index is 0.00000312. The van der Waals surface area contributed by atoms with E-state index in [1.165, 1.54) is 6.07 Å². The van der Waals surface area contributed by atoms with Gasteiger partial charge in [0.1, 0.15) is 11.6 Å². The van der Waals surface area contributed by atoms with Crippen LogP contribution in [-0.2, 0) is 13.0 Å². The number of hydrogen-bond acceptors (Lipinski definition) is 2. The molecule has 2 rings (SSSR count). The summed E-state index contributed by atoms with van der Waals surface area (Å²) in [5, 5.41) is 6.36. The van der Waals surface area contributed by atoms with E-state index >= 15 is 0 Å². The Kier molecular flexibility index (Phi) is 9.91. The number of aliphatic imine (C=N–C) groups is 1. The van der Waals surface area contributed by atoms with Crippen molar-refractivity contribution >= 4 is 29.9 Å². The predicted molar refractivity (Wildman–Crippen MR) is 111 cm³/mol. The lowest BCUT2D eigenvalue weighted by molar-refractivity contribution is 0.336. The van der Waals surface area contributed by atoms with Crippen LogP contribution in [-0.4, -0.2) is 26.2 Å². The maximum Gasteiger partial charge on any atom is 0.191 e. The van der Waals surface area contributed by atoms with Crippen LogP contribution in [0.25, 0.3) is 0 Å². The summed E-state index contributed by atoms with van der Waals surface area (Å²) in [5.74, 6) is 1.34. The minimum atomic E-state index is -0.217. The molecule has 0 radical (unpaired) electrons. The summed E-state index contributed by atoms with van der Waals surface area (Å²) in [5.41, 5.74) is 1.76. The average molecular weight is 457 g/mol. The SMILES string of the molecule is CCOc1ccccc1CCNC(=NC)NCc1ccccc1F.I. The first-order chi connectivity index (χ1) is 11.7. The van der Waals surface area contributed by atoms with Gasteiger partial charge < -0.3 is 15.4 Å². The van der Waals surface area contributed by atoms with Crippen LogP contribution in [0.3, 0.4) is 0 Å². The van der Waals surface area contributed by atoms with Crippen molar-refractivity contribution in [1.82, 2.24) is 10.6 Å². The Bertz CT molecular complexity index is 679. The van der Waals surface area contributed by atoms with Gasteiger partial charge in [0.2, 0.25) is 0 Å². The van der Waals surface area contributed by atoms with Gasteiger partial charge in [-0.1, -0.05) is 36.4 Å². The maximum absolute atomic E-state index is 13.6. The van der Waals surface area contributed by atoms with Crippen LogP contribution in [0.2, 0.25) is 0 Å². The molecule has 0 spiro atoms. The van der Waals surface area contributed by atoms with E-state index in [-0.39, 0.29) is 29.8 Å². The van der Waals surface area contributed by atoms with E-state index in [1.54, 1.807) is 19.2 Å². The van der Waals surface area contributed by atoms with Gasteiger partial charge in [0.15, 0.2) is 5.96 Å². The lowest BCUT2D eigenvalue weighted by atomic mass is 10.1. The van der Waals surface area contributed by atoms with Crippen molar-refractivity contribution in [2.75, 3.05) is 20.2 Å². The fourth-order valence-electron chi connectivity index (χ4n) is 2.36. The second-order valence-corrected chi connectivity index (χ2v) is 5.23. The number of rotatable bonds is 7. The molecule has 0 saturated heterocycles. The Morgan fingerprint density at radius 3 is 2.40 bits per heavy atom. The van der Waals surface area contributed by atoms with Gasteiger partial charge in [0, 0.05) is 25.7 Å². The monoisotopic (exact) mass is 457 g/mol. The molecule has 0 heterocycles. The second-order valence-electron chi connectivity index (χ2n) is 5.23. The number of guanidine groups is 1. The molecule has 0 aliphatic rings. The first-order valence-corrected chi connectivity index (χ1v) is 8.13. The van der Waals surface area contributed by atoms with Crippen LogP contribution < -0.4 is 15.4 Å². The highest BCUT2D eigenvalue weighted by atomic mass is 127. The fourth-order valence-corrected chi connectivity index (χ4v) is 2.36. The average Bonchev–Trinajstić information content (AvgIpc) is 2.61. The molecule has 0 aliphatic heterocycles. The normalized spacial score (nSPS) is 10.8. The van der Waals surface area contributed by atoms with Crippen molar-refractivity contribution in [3.05, 3.63) is 65.5 Å². The van der Waals surface area contributed by atoms with Crippen molar-refractivity contribution in [2.24, 2.45) is 4.99 Å². The Labute approximate surface area is 165 Å². The Morgan fingerprint density at radius 1 is 1.04 bits per heavy atom. The van der Waals surface area contributed by atoms with Gasteiger partial charge in [0.05, 0.1) is 6.61 Å². The zero-order valence-corrected chi connectivity index (χ0v) is 16.9. The van der Waals surface area contributed by atoms with E-state index in [2.05, 4.69) is 21.7 Å². The van der Waals surface area contributed by atoms with Gasteiger partial charge in [-0.25, -0.2) is 4.39 Å². The molecule has 0 fully saturated rings. The molecule has 0 bridgehead atoms. The second kappa shape index (κ2) is 11.7. The number of halogens is 2. The van der Waals surface area contributed by atoms with Gasteiger partial charge >= 0.3 is 0 Å². The first-order valence-electron chi connectivity index (χ1n) is 8.13. The van der Waals surface area contributed by atoms with E-state index in [9.17, 15) is 4.39 Å². The molecule has 2 aromatic carbocycles. The van der Waals surface area contributed by atoms with Crippen molar-refractivity contribution < 1.29 is 9.13 Å². The summed E-state index contributed by atoms with van der Waals surface area (Å²) in [4.78, 5) is 4.16. The summed E-state index contributed by atoms with van der Waals surface area (Å²) in [6, 6.07) is 14.7. The molecule has 0 saturated carbocycles. The summed E-state index contributed by atoms with van der Waals surface area (Å²) in [7, 11) is 1.70. The molecular formula is C19H25FIN3O. The largest absolute Gasteiger partial charge is 0.494 e. The van der Waals surface area contributed by atoms with Gasteiger partial charge in [0.25, 0.3) is 0 Å². The highest BCUT2D eigenvalue weighted by molar-refractivity contribution is 14.0. The molecule has 0 aliphatic carbocycles. The summed E-state index contributed by atoms with van der Waals surface area (Å²) < 4.78 is 19.2. The molecule has 2 aromatic rings.